The summed E-state index contributed by atoms with van der Waals surface area (Å²) in [6, 6.07) is 4.37. The van der Waals surface area contributed by atoms with Crippen LogP contribution in [0.5, 0.6) is 0 Å². The van der Waals surface area contributed by atoms with E-state index in [-0.39, 0.29) is 31.0 Å². The SMILES string of the molecule is CCCO[C@@H]1CCCN(C(=O)COCc2nc3ccc(F)cc3[nH]2)C1. The van der Waals surface area contributed by atoms with Gasteiger partial charge >= 0.3 is 0 Å². The van der Waals surface area contributed by atoms with Crippen LogP contribution in [0.4, 0.5) is 4.39 Å². The van der Waals surface area contributed by atoms with Crippen LogP contribution in [0.3, 0.4) is 0 Å². The summed E-state index contributed by atoms with van der Waals surface area (Å²) in [5.74, 6) is 0.229. The summed E-state index contributed by atoms with van der Waals surface area (Å²) in [5, 5.41) is 0. The minimum atomic E-state index is -0.316. The highest BCUT2D eigenvalue weighted by molar-refractivity contribution is 5.77. The average molecular weight is 349 g/mol. The third kappa shape index (κ3) is 4.76. The molecular formula is C18H24FN3O3. The van der Waals surface area contributed by atoms with Crippen molar-refractivity contribution >= 4 is 16.9 Å². The number of imidazole rings is 1. The molecule has 1 saturated heterocycles. The fraction of sp³-hybridized carbons (Fsp3) is 0.556. The molecule has 2 heterocycles. The van der Waals surface area contributed by atoms with Crippen LogP contribution < -0.4 is 0 Å². The van der Waals surface area contributed by atoms with Crippen LogP contribution in [0, 0.1) is 5.82 Å². The lowest BCUT2D eigenvalue weighted by Gasteiger charge is -2.32. The predicted molar refractivity (Wildman–Crippen MR) is 91.6 cm³/mol. The standard InChI is InChI=1S/C18H24FN3O3/c1-2-8-25-14-4-3-7-22(10-14)18(23)12-24-11-17-20-15-6-5-13(19)9-16(15)21-17/h5-6,9,14H,2-4,7-8,10-12H2,1H3,(H,20,21)/t14-/m1/s1. The number of benzene rings is 1. The van der Waals surface area contributed by atoms with Crippen molar-refractivity contribution < 1.29 is 18.7 Å². The minimum absolute atomic E-state index is 0.00586. The van der Waals surface area contributed by atoms with E-state index in [1.165, 1.54) is 12.1 Å². The van der Waals surface area contributed by atoms with Crippen molar-refractivity contribution in [3.63, 3.8) is 0 Å². The van der Waals surface area contributed by atoms with Gasteiger partial charge in [0.15, 0.2) is 0 Å². The maximum atomic E-state index is 13.2. The molecule has 1 N–H and O–H groups in total. The van der Waals surface area contributed by atoms with Crippen LogP contribution in [0.15, 0.2) is 18.2 Å². The summed E-state index contributed by atoms with van der Waals surface area (Å²) in [6.45, 7) is 4.38. The summed E-state index contributed by atoms with van der Waals surface area (Å²) in [6.07, 6.45) is 3.06. The third-order valence-electron chi connectivity index (χ3n) is 4.25. The summed E-state index contributed by atoms with van der Waals surface area (Å²) in [5.41, 5.74) is 1.30. The number of carbonyl (C=O) groups excluding carboxylic acids is 1. The zero-order chi connectivity index (χ0) is 17.6. The molecule has 0 spiro atoms. The number of piperidine rings is 1. The first kappa shape index (κ1) is 17.8. The zero-order valence-electron chi connectivity index (χ0n) is 14.5. The van der Waals surface area contributed by atoms with Crippen molar-refractivity contribution in [3.05, 3.63) is 29.8 Å². The van der Waals surface area contributed by atoms with E-state index in [1.54, 1.807) is 11.0 Å². The summed E-state index contributed by atoms with van der Waals surface area (Å²) in [7, 11) is 0. The van der Waals surface area contributed by atoms with Gasteiger partial charge < -0.3 is 19.4 Å². The number of hydrogen-bond donors (Lipinski definition) is 1. The number of aromatic amines is 1. The Balaban J connectivity index is 1.46. The fourth-order valence-corrected chi connectivity index (χ4v) is 3.01. The molecule has 136 valence electrons. The highest BCUT2D eigenvalue weighted by Crippen LogP contribution is 2.15. The first-order valence-electron chi connectivity index (χ1n) is 8.77. The van der Waals surface area contributed by atoms with E-state index in [1.807, 2.05) is 0 Å². The van der Waals surface area contributed by atoms with Gasteiger partial charge in [0, 0.05) is 19.7 Å². The summed E-state index contributed by atoms with van der Waals surface area (Å²) < 4.78 is 24.4. The molecule has 0 bridgehead atoms. The van der Waals surface area contributed by atoms with Crippen LogP contribution in [-0.4, -0.2) is 53.2 Å². The molecule has 1 aliphatic heterocycles. The smallest absolute Gasteiger partial charge is 0.248 e. The van der Waals surface area contributed by atoms with Crippen molar-refractivity contribution in [2.45, 2.75) is 38.9 Å². The van der Waals surface area contributed by atoms with Crippen LogP contribution in [0.25, 0.3) is 11.0 Å². The van der Waals surface area contributed by atoms with Gasteiger partial charge in [-0.15, -0.1) is 0 Å². The quantitative estimate of drug-likeness (QED) is 0.834. The Morgan fingerprint density at radius 2 is 2.36 bits per heavy atom. The Labute approximate surface area is 146 Å². The number of hydrogen-bond acceptors (Lipinski definition) is 4. The molecule has 0 aliphatic carbocycles. The molecule has 0 saturated carbocycles. The number of aromatic nitrogens is 2. The summed E-state index contributed by atoms with van der Waals surface area (Å²) in [4.78, 5) is 21.4. The highest BCUT2D eigenvalue weighted by Gasteiger charge is 2.24. The molecule has 25 heavy (non-hydrogen) atoms. The lowest BCUT2D eigenvalue weighted by atomic mass is 10.1. The van der Waals surface area contributed by atoms with E-state index >= 15 is 0 Å². The van der Waals surface area contributed by atoms with Crippen LogP contribution in [0.1, 0.15) is 32.0 Å². The number of rotatable bonds is 7. The Morgan fingerprint density at radius 3 is 3.20 bits per heavy atom. The number of amides is 1. The van der Waals surface area contributed by atoms with Gasteiger partial charge in [-0.2, -0.15) is 0 Å². The average Bonchev–Trinajstić information content (AvgIpc) is 3.02. The van der Waals surface area contributed by atoms with Crippen molar-refractivity contribution in [3.8, 4) is 0 Å². The second-order valence-corrected chi connectivity index (χ2v) is 6.31. The number of halogens is 1. The maximum absolute atomic E-state index is 13.2. The largest absolute Gasteiger partial charge is 0.376 e. The lowest BCUT2D eigenvalue weighted by Crippen LogP contribution is -2.44. The fourth-order valence-electron chi connectivity index (χ4n) is 3.01. The third-order valence-corrected chi connectivity index (χ3v) is 4.25. The van der Waals surface area contributed by atoms with E-state index in [9.17, 15) is 9.18 Å². The molecule has 2 aromatic rings. The van der Waals surface area contributed by atoms with Crippen LogP contribution in [-0.2, 0) is 20.9 Å². The highest BCUT2D eigenvalue weighted by atomic mass is 19.1. The van der Waals surface area contributed by atoms with Gasteiger partial charge in [-0.3, -0.25) is 4.79 Å². The van der Waals surface area contributed by atoms with E-state index in [0.29, 0.717) is 23.4 Å². The van der Waals surface area contributed by atoms with Gasteiger partial charge in [-0.1, -0.05) is 6.92 Å². The van der Waals surface area contributed by atoms with Gasteiger partial charge in [0.05, 0.1) is 17.1 Å². The minimum Gasteiger partial charge on any atom is -0.376 e. The van der Waals surface area contributed by atoms with Gasteiger partial charge in [0.25, 0.3) is 0 Å². The molecule has 0 radical (unpaired) electrons. The van der Waals surface area contributed by atoms with Gasteiger partial charge in [-0.25, -0.2) is 9.37 Å². The molecule has 0 unspecified atom stereocenters. The molecule has 1 atom stereocenters. The Hall–Kier alpha value is -1.99. The normalized spacial score (nSPS) is 18.0. The van der Waals surface area contributed by atoms with Crippen molar-refractivity contribution in [1.82, 2.24) is 14.9 Å². The molecule has 1 fully saturated rings. The number of ether oxygens (including phenoxy) is 2. The molecular weight excluding hydrogens is 325 g/mol. The summed E-state index contributed by atoms with van der Waals surface area (Å²) >= 11 is 0. The number of fused-ring (bicyclic) bond motifs is 1. The van der Waals surface area contributed by atoms with Gasteiger partial charge in [-0.05, 0) is 37.5 Å². The number of nitrogens with one attached hydrogen (secondary N) is 1. The van der Waals surface area contributed by atoms with Crippen LogP contribution in [0.2, 0.25) is 0 Å². The Bertz CT molecular complexity index is 719. The number of nitrogens with zero attached hydrogens (tertiary/aromatic N) is 2. The first-order valence-corrected chi connectivity index (χ1v) is 8.77. The number of likely N-dealkylation sites (tertiary alicyclic amines) is 1. The predicted octanol–water partition coefficient (Wildman–Crippen LogP) is 2.64. The Kier molecular flexibility index (Phi) is 5.99. The van der Waals surface area contributed by atoms with E-state index < -0.39 is 0 Å². The van der Waals surface area contributed by atoms with Gasteiger partial charge in [0.2, 0.25) is 5.91 Å². The molecule has 3 rings (SSSR count). The molecule has 1 aromatic carbocycles. The monoisotopic (exact) mass is 349 g/mol. The number of H-pyrrole nitrogens is 1. The van der Waals surface area contributed by atoms with Crippen molar-refractivity contribution in [2.24, 2.45) is 0 Å². The first-order chi connectivity index (χ1) is 12.2. The molecule has 7 heteroatoms. The van der Waals surface area contributed by atoms with Gasteiger partial charge in [0.1, 0.15) is 24.9 Å². The molecule has 6 nitrogen and oxygen atoms in total. The second kappa shape index (κ2) is 8.40. The molecule has 1 amide bonds. The van der Waals surface area contributed by atoms with Crippen LogP contribution >= 0.6 is 0 Å². The molecule has 1 aromatic heterocycles. The number of carbonyl (C=O) groups is 1. The van der Waals surface area contributed by atoms with Crippen molar-refractivity contribution in [1.29, 1.82) is 0 Å². The van der Waals surface area contributed by atoms with E-state index in [2.05, 4.69) is 16.9 Å². The van der Waals surface area contributed by atoms with E-state index in [4.69, 9.17) is 9.47 Å². The topological polar surface area (TPSA) is 67.4 Å². The molecule has 1 aliphatic rings. The second-order valence-electron chi connectivity index (χ2n) is 6.31. The lowest BCUT2D eigenvalue weighted by molar-refractivity contribution is -0.140. The van der Waals surface area contributed by atoms with Crippen molar-refractivity contribution in [2.75, 3.05) is 26.3 Å². The maximum Gasteiger partial charge on any atom is 0.248 e. The van der Waals surface area contributed by atoms with E-state index in [0.717, 1.165) is 32.4 Å². The zero-order valence-corrected chi connectivity index (χ0v) is 14.5. The Morgan fingerprint density at radius 1 is 1.48 bits per heavy atom.